The number of para-hydroxylation sites is 1. The zero-order valence-electron chi connectivity index (χ0n) is 13.1. The van der Waals surface area contributed by atoms with Crippen LogP contribution in [0.25, 0.3) is 10.9 Å². The molecule has 23 heavy (non-hydrogen) atoms. The van der Waals surface area contributed by atoms with E-state index in [0.717, 1.165) is 29.9 Å². The number of carboxylic acid groups (broad SMARTS) is 1. The molecule has 2 aromatic rings. The van der Waals surface area contributed by atoms with Crippen molar-refractivity contribution in [3.05, 3.63) is 30.0 Å². The van der Waals surface area contributed by atoms with E-state index in [1.54, 1.807) is 18.3 Å². The van der Waals surface area contributed by atoms with Gasteiger partial charge in [-0.3, -0.25) is 4.68 Å². The van der Waals surface area contributed by atoms with Crippen molar-refractivity contribution in [3.63, 3.8) is 0 Å². The van der Waals surface area contributed by atoms with Gasteiger partial charge in [0.05, 0.1) is 23.8 Å². The lowest BCUT2D eigenvalue weighted by atomic mass is 9.84. The number of nitrogens with one attached hydrogen (secondary N) is 1. The second-order valence-electron chi connectivity index (χ2n) is 6.61. The molecule has 1 atom stereocenters. The molecule has 3 aliphatic heterocycles. The molecule has 0 saturated carbocycles. The highest BCUT2D eigenvalue weighted by Gasteiger charge is 2.33. The van der Waals surface area contributed by atoms with E-state index in [-0.39, 0.29) is 0 Å². The van der Waals surface area contributed by atoms with Crippen LogP contribution in [0.15, 0.2) is 24.4 Å². The first kappa shape index (κ1) is 14.7. The molecule has 0 amide bonds. The van der Waals surface area contributed by atoms with Gasteiger partial charge in [0.25, 0.3) is 0 Å². The topological polar surface area (TPSA) is 70.4 Å². The molecule has 5 rings (SSSR count). The van der Waals surface area contributed by atoms with Gasteiger partial charge in [-0.1, -0.05) is 12.1 Å². The third-order valence-electron chi connectivity index (χ3n) is 5.28. The van der Waals surface area contributed by atoms with Crippen LogP contribution in [-0.2, 0) is 6.54 Å². The molecule has 0 unspecified atom stereocenters. The molecule has 2 bridgehead atoms. The summed E-state index contributed by atoms with van der Waals surface area (Å²) in [5.41, 5.74) is 1.04. The van der Waals surface area contributed by atoms with Gasteiger partial charge in [-0.25, -0.2) is 4.79 Å². The first-order chi connectivity index (χ1) is 11.2. The predicted octanol–water partition coefficient (Wildman–Crippen LogP) is 1.42. The Morgan fingerprint density at radius 1 is 1.35 bits per heavy atom. The van der Waals surface area contributed by atoms with Gasteiger partial charge in [0.15, 0.2) is 0 Å². The number of fused-ring (bicyclic) bond motifs is 4. The molecule has 1 aromatic carbocycles. The van der Waals surface area contributed by atoms with Crippen molar-refractivity contribution in [2.24, 2.45) is 5.92 Å². The summed E-state index contributed by atoms with van der Waals surface area (Å²) in [5.74, 6) is -0.105. The monoisotopic (exact) mass is 314 g/mol. The lowest BCUT2D eigenvalue weighted by Gasteiger charge is -2.45. The van der Waals surface area contributed by atoms with Crippen LogP contribution in [-0.4, -0.2) is 58.0 Å². The zero-order valence-corrected chi connectivity index (χ0v) is 13.1. The lowest BCUT2D eigenvalue weighted by Crippen LogP contribution is -2.56. The van der Waals surface area contributed by atoms with Gasteiger partial charge in [0.1, 0.15) is 0 Å². The number of benzene rings is 1. The number of nitrogens with zero attached hydrogens (tertiary/aromatic N) is 3. The average molecular weight is 314 g/mol. The van der Waals surface area contributed by atoms with E-state index in [4.69, 9.17) is 0 Å². The van der Waals surface area contributed by atoms with Crippen LogP contribution in [0.2, 0.25) is 0 Å². The van der Waals surface area contributed by atoms with E-state index in [1.165, 1.54) is 25.9 Å². The predicted molar refractivity (Wildman–Crippen MR) is 87.6 cm³/mol. The van der Waals surface area contributed by atoms with Gasteiger partial charge < -0.3 is 15.3 Å². The lowest BCUT2D eigenvalue weighted by molar-refractivity contribution is 0.0698. The summed E-state index contributed by atoms with van der Waals surface area (Å²) in [6.45, 7) is 5.14. The average Bonchev–Trinajstić information content (AvgIpc) is 2.99. The molecule has 0 spiro atoms. The number of carboxylic acids is 1. The molecule has 0 radical (unpaired) electrons. The van der Waals surface area contributed by atoms with Gasteiger partial charge in [-0.15, -0.1) is 0 Å². The molecule has 4 heterocycles. The molecule has 0 aliphatic carbocycles. The van der Waals surface area contributed by atoms with Crippen LogP contribution in [0.4, 0.5) is 0 Å². The van der Waals surface area contributed by atoms with Crippen LogP contribution >= 0.6 is 0 Å². The molecule has 2 N–H and O–H groups in total. The van der Waals surface area contributed by atoms with E-state index < -0.39 is 5.97 Å². The van der Waals surface area contributed by atoms with Gasteiger partial charge in [0, 0.05) is 24.5 Å². The Morgan fingerprint density at radius 2 is 2.17 bits per heavy atom. The van der Waals surface area contributed by atoms with Gasteiger partial charge in [-0.2, -0.15) is 5.10 Å². The number of hydrogen-bond donors (Lipinski definition) is 2. The SMILES string of the molecule is O=C(O)c1cccc2cnn(CCN[C@@H]3CN4CCC3CC4)c12. The summed E-state index contributed by atoms with van der Waals surface area (Å²) in [7, 11) is 0. The first-order valence-electron chi connectivity index (χ1n) is 8.36. The summed E-state index contributed by atoms with van der Waals surface area (Å²) in [6, 6.07) is 5.89. The Bertz CT molecular complexity index is 718. The molecule has 6 nitrogen and oxygen atoms in total. The Labute approximate surface area is 135 Å². The minimum Gasteiger partial charge on any atom is -0.478 e. The smallest absolute Gasteiger partial charge is 0.337 e. The highest BCUT2D eigenvalue weighted by molar-refractivity contribution is 6.01. The largest absolute Gasteiger partial charge is 0.478 e. The van der Waals surface area contributed by atoms with Crippen LogP contribution in [0, 0.1) is 5.92 Å². The van der Waals surface area contributed by atoms with Crippen molar-refractivity contribution >= 4 is 16.9 Å². The van der Waals surface area contributed by atoms with Crippen molar-refractivity contribution in [2.75, 3.05) is 26.2 Å². The number of carbonyl (C=O) groups is 1. The summed E-state index contributed by atoms with van der Waals surface area (Å²) in [6.07, 6.45) is 4.34. The quantitative estimate of drug-likeness (QED) is 0.873. The maximum Gasteiger partial charge on any atom is 0.337 e. The van der Waals surface area contributed by atoms with Gasteiger partial charge >= 0.3 is 5.97 Å². The fourth-order valence-corrected chi connectivity index (χ4v) is 4.04. The van der Waals surface area contributed by atoms with Crippen molar-refractivity contribution in [2.45, 2.75) is 25.4 Å². The Morgan fingerprint density at radius 3 is 2.87 bits per heavy atom. The maximum atomic E-state index is 11.4. The number of aromatic nitrogens is 2. The summed E-state index contributed by atoms with van der Waals surface area (Å²) >= 11 is 0. The highest BCUT2D eigenvalue weighted by atomic mass is 16.4. The zero-order chi connectivity index (χ0) is 15.8. The number of piperidine rings is 3. The third kappa shape index (κ3) is 2.72. The number of aromatic carboxylic acids is 1. The van der Waals surface area contributed by atoms with Crippen LogP contribution in [0.1, 0.15) is 23.2 Å². The van der Waals surface area contributed by atoms with Crippen molar-refractivity contribution in [1.82, 2.24) is 20.0 Å². The summed E-state index contributed by atoms with van der Waals surface area (Å²) < 4.78 is 1.81. The van der Waals surface area contributed by atoms with E-state index in [1.807, 2.05) is 10.7 Å². The first-order valence-corrected chi connectivity index (χ1v) is 8.36. The maximum absolute atomic E-state index is 11.4. The Balaban J connectivity index is 1.45. The van der Waals surface area contributed by atoms with E-state index in [2.05, 4.69) is 15.3 Å². The normalized spacial score (nSPS) is 26.7. The molecule has 6 heteroatoms. The fourth-order valence-electron chi connectivity index (χ4n) is 4.04. The minimum atomic E-state index is -0.900. The van der Waals surface area contributed by atoms with Crippen LogP contribution < -0.4 is 5.32 Å². The third-order valence-corrected chi connectivity index (χ3v) is 5.28. The van der Waals surface area contributed by atoms with Crippen molar-refractivity contribution < 1.29 is 9.90 Å². The standard InChI is InChI=1S/C17H22N4O2/c22-17(23)14-3-1-2-13-10-19-21(16(13)14)9-6-18-15-11-20-7-4-12(15)5-8-20/h1-3,10,12,15,18H,4-9,11H2,(H,22,23)/t15-/m1/s1. The molecule has 3 saturated heterocycles. The molecule has 122 valence electrons. The Kier molecular flexibility index (Phi) is 3.79. The van der Waals surface area contributed by atoms with Gasteiger partial charge in [0.2, 0.25) is 0 Å². The number of rotatable bonds is 5. The van der Waals surface area contributed by atoms with Crippen LogP contribution in [0.5, 0.6) is 0 Å². The molecule has 3 aliphatic rings. The van der Waals surface area contributed by atoms with E-state index >= 15 is 0 Å². The van der Waals surface area contributed by atoms with Crippen molar-refractivity contribution in [3.8, 4) is 0 Å². The highest BCUT2D eigenvalue weighted by Crippen LogP contribution is 2.27. The molecular weight excluding hydrogens is 292 g/mol. The number of hydrogen-bond acceptors (Lipinski definition) is 4. The van der Waals surface area contributed by atoms with Crippen LogP contribution in [0.3, 0.4) is 0 Å². The molecule has 3 fully saturated rings. The second-order valence-corrected chi connectivity index (χ2v) is 6.61. The fraction of sp³-hybridized carbons (Fsp3) is 0.529. The summed E-state index contributed by atoms with van der Waals surface area (Å²) in [5, 5.41) is 18.3. The molecule has 1 aromatic heterocycles. The minimum absolute atomic E-state index is 0.322. The van der Waals surface area contributed by atoms with Gasteiger partial charge in [-0.05, 0) is 37.9 Å². The molecular formula is C17H22N4O2. The van der Waals surface area contributed by atoms with Crippen molar-refractivity contribution in [1.29, 1.82) is 0 Å². The Hall–Kier alpha value is -1.92. The summed E-state index contributed by atoms with van der Waals surface area (Å²) in [4.78, 5) is 13.9. The van der Waals surface area contributed by atoms with E-state index in [0.29, 0.717) is 18.2 Å². The van der Waals surface area contributed by atoms with E-state index in [9.17, 15) is 9.90 Å². The second kappa shape index (κ2) is 5.94.